The molecule has 0 aromatic heterocycles. The lowest BCUT2D eigenvalue weighted by atomic mass is 10.2. The van der Waals surface area contributed by atoms with Crippen molar-refractivity contribution in [1.29, 1.82) is 0 Å². The molecule has 0 fully saturated rings. The Kier molecular flexibility index (Phi) is 18.2. The second kappa shape index (κ2) is 19.1. The molecule has 0 atom stereocenters. The number of esters is 1. The summed E-state index contributed by atoms with van der Waals surface area (Å²) < 4.78 is 25.6. The van der Waals surface area contributed by atoms with Crippen molar-refractivity contribution in [3.8, 4) is 0 Å². The van der Waals surface area contributed by atoms with Gasteiger partial charge in [0.25, 0.3) is 0 Å². The molecule has 0 bridgehead atoms. The number of carbonyl (C=O) groups excluding carboxylic acids is 1. The fourth-order valence-corrected chi connectivity index (χ4v) is 1.80. The molecule has 0 saturated carbocycles. The first-order valence-electron chi connectivity index (χ1n) is 8.85. The SMILES string of the molecule is CCCCCCC(=O)OCCOCCOCCOCCOCC(=O)O. The number of aliphatic carboxylic acids is 1. The zero-order chi connectivity index (χ0) is 18.6. The highest BCUT2D eigenvalue weighted by Crippen LogP contribution is 2.03. The standard InChI is InChI=1S/C17H32O8/c1-2-3-4-5-6-17(20)25-14-13-23-10-9-21-7-8-22-11-12-24-15-16(18)19/h2-15H2,1H3,(H,18,19). The Hall–Kier alpha value is -1.22. The summed E-state index contributed by atoms with van der Waals surface area (Å²) in [6, 6.07) is 0. The van der Waals surface area contributed by atoms with Crippen molar-refractivity contribution in [2.75, 3.05) is 59.5 Å². The van der Waals surface area contributed by atoms with Gasteiger partial charge in [-0.15, -0.1) is 0 Å². The van der Waals surface area contributed by atoms with E-state index in [9.17, 15) is 9.59 Å². The fourth-order valence-electron chi connectivity index (χ4n) is 1.80. The summed E-state index contributed by atoms with van der Waals surface area (Å²) in [5.74, 6) is -1.16. The third-order valence-electron chi connectivity index (χ3n) is 3.07. The lowest BCUT2D eigenvalue weighted by Crippen LogP contribution is -2.15. The van der Waals surface area contributed by atoms with Crippen LogP contribution >= 0.6 is 0 Å². The van der Waals surface area contributed by atoms with E-state index in [1.165, 1.54) is 0 Å². The van der Waals surface area contributed by atoms with Crippen molar-refractivity contribution in [3.63, 3.8) is 0 Å². The van der Waals surface area contributed by atoms with Gasteiger partial charge in [0.1, 0.15) is 13.2 Å². The molecule has 0 spiro atoms. The highest BCUT2D eigenvalue weighted by molar-refractivity contribution is 5.69. The molecule has 0 aromatic carbocycles. The van der Waals surface area contributed by atoms with E-state index in [2.05, 4.69) is 6.92 Å². The first-order valence-corrected chi connectivity index (χ1v) is 8.85. The van der Waals surface area contributed by atoms with Gasteiger partial charge in [-0.1, -0.05) is 26.2 Å². The van der Waals surface area contributed by atoms with Crippen molar-refractivity contribution in [3.05, 3.63) is 0 Å². The lowest BCUT2D eigenvalue weighted by Gasteiger charge is -2.07. The van der Waals surface area contributed by atoms with Gasteiger partial charge in [-0.2, -0.15) is 0 Å². The molecule has 1 N–H and O–H groups in total. The van der Waals surface area contributed by atoms with Crippen molar-refractivity contribution in [2.45, 2.75) is 39.0 Å². The maximum absolute atomic E-state index is 11.4. The predicted molar refractivity (Wildman–Crippen MR) is 90.6 cm³/mol. The number of hydrogen-bond donors (Lipinski definition) is 1. The van der Waals surface area contributed by atoms with Crippen LogP contribution in [0.3, 0.4) is 0 Å². The van der Waals surface area contributed by atoms with E-state index in [0.717, 1.165) is 25.7 Å². The molecular formula is C17H32O8. The van der Waals surface area contributed by atoms with Crippen molar-refractivity contribution in [2.24, 2.45) is 0 Å². The van der Waals surface area contributed by atoms with Gasteiger partial charge in [0.05, 0.1) is 46.2 Å². The number of carbonyl (C=O) groups is 2. The molecule has 0 rings (SSSR count). The summed E-state index contributed by atoms with van der Waals surface area (Å²) in [7, 11) is 0. The van der Waals surface area contributed by atoms with E-state index in [4.69, 9.17) is 28.8 Å². The molecule has 0 amide bonds. The molecule has 0 heterocycles. The van der Waals surface area contributed by atoms with Gasteiger partial charge in [-0.3, -0.25) is 4.79 Å². The molecule has 8 heteroatoms. The Morgan fingerprint density at radius 1 is 0.720 bits per heavy atom. The molecule has 148 valence electrons. The van der Waals surface area contributed by atoms with Crippen LogP contribution in [0.1, 0.15) is 39.0 Å². The van der Waals surface area contributed by atoms with E-state index in [1.54, 1.807) is 0 Å². The Labute approximate surface area is 149 Å². The number of rotatable bonds is 19. The Morgan fingerprint density at radius 3 is 1.76 bits per heavy atom. The highest BCUT2D eigenvalue weighted by Gasteiger charge is 2.02. The first-order chi connectivity index (χ1) is 12.2. The van der Waals surface area contributed by atoms with Crippen LogP contribution in [-0.2, 0) is 33.3 Å². The van der Waals surface area contributed by atoms with Crippen LogP contribution in [0.2, 0.25) is 0 Å². The van der Waals surface area contributed by atoms with Gasteiger partial charge >= 0.3 is 11.9 Å². The molecule has 0 radical (unpaired) electrons. The average Bonchev–Trinajstić information content (AvgIpc) is 2.58. The van der Waals surface area contributed by atoms with Crippen LogP contribution in [-0.4, -0.2) is 76.5 Å². The minimum Gasteiger partial charge on any atom is -0.480 e. The van der Waals surface area contributed by atoms with E-state index < -0.39 is 5.97 Å². The molecule has 0 aromatic rings. The monoisotopic (exact) mass is 364 g/mol. The van der Waals surface area contributed by atoms with Crippen LogP contribution < -0.4 is 0 Å². The van der Waals surface area contributed by atoms with Crippen molar-refractivity contribution < 1.29 is 38.4 Å². The lowest BCUT2D eigenvalue weighted by molar-refractivity contribution is -0.145. The fraction of sp³-hybridized carbons (Fsp3) is 0.882. The summed E-state index contributed by atoms with van der Waals surface area (Å²) in [5.41, 5.74) is 0. The second-order valence-corrected chi connectivity index (χ2v) is 5.31. The maximum atomic E-state index is 11.4. The summed E-state index contributed by atoms with van der Waals surface area (Å²) in [6.07, 6.45) is 4.73. The van der Waals surface area contributed by atoms with Gasteiger partial charge < -0.3 is 28.8 Å². The zero-order valence-corrected chi connectivity index (χ0v) is 15.2. The molecule has 0 saturated heterocycles. The van der Waals surface area contributed by atoms with Crippen LogP contribution in [0.4, 0.5) is 0 Å². The van der Waals surface area contributed by atoms with Crippen LogP contribution in [0.5, 0.6) is 0 Å². The highest BCUT2D eigenvalue weighted by atomic mass is 16.6. The quantitative estimate of drug-likeness (QED) is 0.273. The Morgan fingerprint density at radius 2 is 1.24 bits per heavy atom. The summed E-state index contributed by atoms with van der Waals surface area (Å²) in [5, 5.41) is 8.35. The Bertz CT molecular complexity index is 322. The van der Waals surface area contributed by atoms with Crippen molar-refractivity contribution in [1.82, 2.24) is 0 Å². The van der Waals surface area contributed by atoms with E-state index >= 15 is 0 Å². The van der Waals surface area contributed by atoms with Gasteiger partial charge in [0.15, 0.2) is 0 Å². The summed E-state index contributed by atoms with van der Waals surface area (Å²) >= 11 is 0. The van der Waals surface area contributed by atoms with Crippen LogP contribution in [0.15, 0.2) is 0 Å². The summed E-state index contributed by atoms with van der Waals surface area (Å²) in [4.78, 5) is 21.6. The molecular weight excluding hydrogens is 332 g/mol. The molecule has 25 heavy (non-hydrogen) atoms. The molecule has 0 aliphatic rings. The van der Waals surface area contributed by atoms with E-state index in [1.807, 2.05) is 0 Å². The third-order valence-corrected chi connectivity index (χ3v) is 3.07. The van der Waals surface area contributed by atoms with Crippen molar-refractivity contribution >= 4 is 11.9 Å². The zero-order valence-electron chi connectivity index (χ0n) is 15.2. The predicted octanol–water partition coefficient (Wildman–Crippen LogP) is 1.65. The molecule has 8 nitrogen and oxygen atoms in total. The van der Waals surface area contributed by atoms with E-state index in [0.29, 0.717) is 46.1 Å². The number of hydrogen-bond acceptors (Lipinski definition) is 7. The number of carboxylic acid groups (broad SMARTS) is 1. The maximum Gasteiger partial charge on any atom is 0.329 e. The smallest absolute Gasteiger partial charge is 0.329 e. The van der Waals surface area contributed by atoms with Gasteiger partial charge in [0.2, 0.25) is 0 Å². The average molecular weight is 364 g/mol. The Balaban J connectivity index is 3.11. The third kappa shape index (κ3) is 20.7. The normalized spacial score (nSPS) is 10.8. The molecule has 0 aliphatic carbocycles. The topological polar surface area (TPSA) is 101 Å². The minimum absolute atomic E-state index is 0.166. The second-order valence-electron chi connectivity index (χ2n) is 5.31. The number of unbranched alkanes of at least 4 members (excludes halogenated alkanes) is 3. The minimum atomic E-state index is -0.995. The van der Waals surface area contributed by atoms with E-state index in [-0.39, 0.29) is 25.8 Å². The molecule has 0 unspecified atom stereocenters. The number of carboxylic acids is 1. The summed E-state index contributed by atoms with van der Waals surface area (Å²) in [6.45, 7) is 4.72. The van der Waals surface area contributed by atoms with Gasteiger partial charge in [-0.25, -0.2) is 4.79 Å². The molecule has 0 aliphatic heterocycles. The van der Waals surface area contributed by atoms with Crippen LogP contribution in [0.25, 0.3) is 0 Å². The van der Waals surface area contributed by atoms with Gasteiger partial charge in [0, 0.05) is 6.42 Å². The first kappa shape index (κ1) is 23.8. The van der Waals surface area contributed by atoms with Crippen LogP contribution in [0, 0.1) is 0 Å². The number of ether oxygens (including phenoxy) is 5. The van der Waals surface area contributed by atoms with Gasteiger partial charge in [-0.05, 0) is 6.42 Å². The largest absolute Gasteiger partial charge is 0.480 e.